The molecule has 0 spiro atoms. The van der Waals surface area contributed by atoms with Crippen LogP contribution in [0.1, 0.15) is 0 Å². The summed E-state index contributed by atoms with van der Waals surface area (Å²) in [6, 6.07) is -0.575. The third-order valence-electron chi connectivity index (χ3n) is 2.35. The van der Waals surface area contributed by atoms with E-state index in [1.165, 1.54) is 13.4 Å². The number of primary amides is 1. The number of H-pyrrole nitrogens is 1. The van der Waals surface area contributed by atoms with E-state index in [4.69, 9.17) is 22.7 Å². The van der Waals surface area contributed by atoms with Gasteiger partial charge in [-0.05, 0) is 12.2 Å². The minimum absolute atomic E-state index is 0.364. The van der Waals surface area contributed by atoms with Crippen LogP contribution in [0, 0.1) is 4.77 Å². The Balaban J connectivity index is 2.36. The van der Waals surface area contributed by atoms with E-state index >= 15 is 0 Å². The minimum Gasteiger partial charge on any atom is -0.479 e. The van der Waals surface area contributed by atoms with E-state index in [2.05, 4.69) is 20.3 Å². The van der Waals surface area contributed by atoms with Crippen LogP contribution < -0.4 is 15.8 Å². The first-order chi connectivity index (χ1) is 8.63. The summed E-state index contributed by atoms with van der Waals surface area (Å²) >= 11 is 5.18. The van der Waals surface area contributed by atoms with Crippen LogP contribution in [0.15, 0.2) is 6.33 Å². The molecule has 8 nitrogen and oxygen atoms in total. The Hall–Kier alpha value is -2.16. The molecule has 0 saturated heterocycles. The molecule has 18 heavy (non-hydrogen) atoms. The second-order valence-electron chi connectivity index (χ2n) is 3.45. The zero-order valence-corrected chi connectivity index (χ0v) is 10.5. The van der Waals surface area contributed by atoms with Crippen molar-refractivity contribution in [1.29, 1.82) is 0 Å². The van der Waals surface area contributed by atoms with Gasteiger partial charge in [-0.25, -0.2) is 9.78 Å². The first-order valence-electron chi connectivity index (χ1n) is 5.14. The average Bonchev–Trinajstić information content (AvgIpc) is 2.65. The minimum atomic E-state index is -0.575. The summed E-state index contributed by atoms with van der Waals surface area (Å²) in [4.78, 5) is 21.7. The van der Waals surface area contributed by atoms with Gasteiger partial charge in [0.1, 0.15) is 11.8 Å². The third kappa shape index (κ3) is 2.25. The highest BCUT2D eigenvalue weighted by Gasteiger charge is 2.10. The van der Waals surface area contributed by atoms with Crippen molar-refractivity contribution >= 4 is 29.4 Å². The molecule has 4 N–H and O–H groups in total. The van der Waals surface area contributed by atoms with Crippen molar-refractivity contribution in [2.24, 2.45) is 5.73 Å². The van der Waals surface area contributed by atoms with Crippen LogP contribution >= 0.6 is 12.2 Å². The summed E-state index contributed by atoms with van der Waals surface area (Å²) in [7, 11) is 1.52. The molecule has 2 amide bonds. The number of aromatic nitrogens is 4. The van der Waals surface area contributed by atoms with Gasteiger partial charge < -0.3 is 20.8 Å². The average molecular weight is 268 g/mol. The summed E-state index contributed by atoms with van der Waals surface area (Å²) in [5.41, 5.74) is 6.24. The number of fused-ring (bicyclic) bond motifs is 1. The van der Waals surface area contributed by atoms with E-state index in [9.17, 15) is 4.79 Å². The molecule has 0 aliphatic carbocycles. The van der Waals surface area contributed by atoms with Gasteiger partial charge in [0.15, 0.2) is 10.4 Å². The second kappa shape index (κ2) is 5.00. The van der Waals surface area contributed by atoms with E-state index in [0.717, 1.165) is 0 Å². The number of methoxy groups -OCH3 is 1. The Morgan fingerprint density at radius 2 is 2.44 bits per heavy atom. The molecule has 0 saturated carbocycles. The lowest BCUT2D eigenvalue weighted by molar-refractivity contribution is 0.248. The summed E-state index contributed by atoms with van der Waals surface area (Å²) < 4.78 is 7.33. The van der Waals surface area contributed by atoms with E-state index in [1.807, 2.05) is 0 Å². The van der Waals surface area contributed by atoms with Crippen molar-refractivity contribution in [3.63, 3.8) is 0 Å². The maximum absolute atomic E-state index is 10.6. The normalized spacial score (nSPS) is 10.5. The number of hydrogen-bond donors (Lipinski definition) is 3. The van der Waals surface area contributed by atoms with Crippen LogP contribution in [0.2, 0.25) is 0 Å². The Bertz CT molecular complexity index is 634. The maximum Gasteiger partial charge on any atom is 0.312 e. The Morgan fingerprint density at radius 1 is 1.67 bits per heavy atom. The van der Waals surface area contributed by atoms with Crippen molar-refractivity contribution in [3.8, 4) is 5.88 Å². The molecule has 0 atom stereocenters. The van der Waals surface area contributed by atoms with Crippen LogP contribution in [0.25, 0.3) is 11.2 Å². The summed E-state index contributed by atoms with van der Waals surface area (Å²) in [6.45, 7) is 0.824. The number of nitrogens with one attached hydrogen (secondary N) is 2. The van der Waals surface area contributed by atoms with Crippen LogP contribution in [0.4, 0.5) is 4.79 Å². The van der Waals surface area contributed by atoms with Crippen LogP contribution in [0.5, 0.6) is 5.88 Å². The molecule has 2 rings (SSSR count). The van der Waals surface area contributed by atoms with Crippen LogP contribution in [-0.4, -0.2) is 39.2 Å². The van der Waals surface area contributed by atoms with Gasteiger partial charge in [0, 0.05) is 13.1 Å². The Morgan fingerprint density at radius 3 is 3.11 bits per heavy atom. The number of rotatable bonds is 4. The summed E-state index contributed by atoms with van der Waals surface area (Å²) in [5, 5.41) is 2.49. The molecule has 2 aromatic rings. The predicted molar refractivity (Wildman–Crippen MR) is 66.9 cm³/mol. The highest BCUT2D eigenvalue weighted by atomic mass is 32.1. The molecule has 0 unspecified atom stereocenters. The predicted octanol–water partition coefficient (Wildman–Crippen LogP) is 0.166. The third-order valence-corrected chi connectivity index (χ3v) is 2.68. The molecule has 2 aromatic heterocycles. The number of carbonyl (C=O) groups excluding carboxylic acids is 1. The van der Waals surface area contributed by atoms with Crippen molar-refractivity contribution < 1.29 is 9.53 Å². The van der Waals surface area contributed by atoms with Crippen LogP contribution in [0.3, 0.4) is 0 Å². The number of nitrogens with zero attached hydrogens (tertiary/aromatic N) is 3. The van der Waals surface area contributed by atoms with E-state index in [0.29, 0.717) is 34.9 Å². The standard InChI is InChI=1S/C9H12N6O2S/c1-17-7-5-6(12-4-13-7)15(9(18)14-5)3-2-11-8(10)16/h4H,2-3H2,1H3,(H,14,18)(H3,10,11,16). The van der Waals surface area contributed by atoms with E-state index < -0.39 is 6.03 Å². The molecule has 0 aliphatic rings. The highest BCUT2D eigenvalue weighted by molar-refractivity contribution is 7.71. The van der Waals surface area contributed by atoms with Crippen molar-refractivity contribution in [2.45, 2.75) is 6.54 Å². The number of imidazole rings is 1. The molecule has 96 valence electrons. The zero-order chi connectivity index (χ0) is 13.1. The number of urea groups is 1. The Labute approximate surface area is 107 Å². The smallest absolute Gasteiger partial charge is 0.312 e. The summed E-state index contributed by atoms with van der Waals surface area (Å²) in [5.74, 6) is 0.424. The van der Waals surface area contributed by atoms with Gasteiger partial charge in [-0.2, -0.15) is 4.98 Å². The fourth-order valence-corrected chi connectivity index (χ4v) is 1.88. The van der Waals surface area contributed by atoms with Gasteiger partial charge >= 0.3 is 6.03 Å². The largest absolute Gasteiger partial charge is 0.479 e. The van der Waals surface area contributed by atoms with Gasteiger partial charge in [0.05, 0.1) is 7.11 Å². The second-order valence-corrected chi connectivity index (χ2v) is 3.84. The van der Waals surface area contributed by atoms with E-state index in [-0.39, 0.29) is 0 Å². The number of amides is 2. The Kier molecular flexibility index (Phi) is 3.42. The molecule has 9 heteroatoms. The zero-order valence-electron chi connectivity index (χ0n) is 9.64. The summed E-state index contributed by atoms with van der Waals surface area (Å²) in [6.07, 6.45) is 1.39. The first kappa shape index (κ1) is 12.3. The maximum atomic E-state index is 10.6. The molecule has 0 radical (unpaired) electrons. The quantitative estimate of drug-likeness (QED) is 0.684. The molecule has 0 aromatic carbocycles. The molecule has 0 bridgehead atoms. The van der Waals surface area contributed by atoms with Gasteiger partial charge in [-0.3, -0.25) is 4.57 Å². The van der Waals surface area contributed by atoms with Crippen LogP contribution in [-0.2, 0) is 6.54 Å². The molecular weight excluding hydrogens is 256 g/mol. The first-order valence-corrected chi connectivity index (χ1v) is 5.55. The number of nitrogens with two attached hydrogens (primary N) is 1. The SMILES string of the molecule is COc1ncnc2c1[nH]c(=S)n2CCNC(N)=O. The molecule has 0 aliphatic heterocycles. The fraction of sp³-hybridized carbons (Fsp3) is 0.333. The van der Waals surface area contributed by atoms with Gasteiger partial charge in [0.2, 0.25) is 5.88 Å². The van der Waals surface area contributed by atoms with Crippen molar-refractivity contribution in [3.05, 3.63) is 11.1 Å². The van der Waals surface area contributed by atoms with Gasteiger partial charge in [-0.15, -0.1) is 0 Å². The number of aromatic amines is 1. The van der Waals surface area contributed by atoms with E-state index in [1.54, 1.807) is 4.57 Å². The lowest BCUT2D eigenvalue weighted by Gasteiger charge is -2.04. The van der Waals surface area contributed by atoms with Gasteiger partial charge in [0.25, 0.3) is 0 Å². The lowest BCUT2D eigenvalue weighted by atomic mass is 10.5. The molecule has 2 heterocycles. The van der Waals surface area contributed by atoms with Crippen molar-refractivity contribution in [2.75, 3.05) is 13.7 Å². The number of hydrogen-bond acceptors (Lipinski definition) is 5. The van der Waals surface area contributed by atoms with Gasteiger partial charge in [-0.1, -0.05) is 0 Å². The molecule has 0 fully saturated rings. The lowest BCUT2D eigenvalue weighted by Crippen LogP contribution is -2.32. The fourth-order valence-electron chi connectivity index (χ4n) is 1.60. The topological polar surface area (TPSA) is 111 Å². The number of carbonyl (C=O) groups is 1. The highest BCUT2D eigenvalue weighted by Crippen LogP contribution is 2.19. The monoisotopic (exact) mass is 268 g/mol. The number of ether oxygens (including phenoxy) is 1. The molecular formula is C9H12N6O2S. The van der Waals surface area contributed by atoms with Crippen molar-refractivity contribution in [1.82, 2.24) is 24.8 Å².